The SMILES string of the molecule is CC(C)(C)OC(=O)N1C2CCC1CC(n1cc(O)cn1)C2. The zero-order valence-corrected chi connectivity index (χ0v) is 12.8. The molecule has 0 aromatic carbocycles. The van der Waals surface area contributed by atoms with Gasteiger partial charge in [0.1, 0.15) is 5.60 Å². The predicted octanol–water partition coefficient (Wildman–Crippen LogP) is 2.69. The third-order valence-electron chi connectivity index (χ3n) is 4.27. The second kappa shape index (κ2) is 4.93. The van der Waals surface area contributed by atoms with Gasteiger partial charge in [-0.1, -0.05) is 0 Å². The Kier molecular flexibility index (Phi) is 3.34. The van der Waals surface area contributed by atoms with Gasteiger partial charge in [-0.3, -0.25) is 4.68 Å². The van der Waals surface area contributed by atoms with Crippen molar-refractivity contribution in [3.05, 3.63) is 12.4 Å². The van der Waals surface area contributed by atoms with Crippen LogP contribution in [-0.4, -0.2) is 43.6 Å². The Morgan fingerprint density at radius 3 is 2.38 bits per heavy atom. The summed E-state index contributed by atoms with van der Waals surface area (Å²) in [6.07, 6.45) is 6.71. The summed E-state index contributed by atoms with van der Waals surface area (Å²) in [5.41, 5.74) is -0.457. The number of rotatable bonds is 1. The summed E-state index contributed by atoms with van der Waals surface area (Å²) >= 11 is 0. The number of carbonyl (C=O) groups excluding carboxylic acids is 1. The summed E-state index contributed by atoms with van der Waals surface area (Å²) in [6, 6.07) is 0.687. The van der Waals surface area contributed by atoms with E-state index in [0.717, 1.165) is 25.7 Å². The topological polar surface area (TPSA) is 67.6 Å². The quantitative estimate of drug-likeness (QED) is 0.864. The molecule has 116 valence electrons. The normalized spacial score (nSPS) is 28.7. The Morgan fingerprint density at radius 1 is 1.29 bits per heavy atom. The van der Waals surface area contributed by atoms with Gasteiger partial charge in [0.05, 0.1) is 18.4 Å². The molecule has 2 saturated heterocycles. The molecule has 0 aliphatic carbocycles. The minimum atomic E-state index is -0.457. The first-order valence-electron chi connectivity index (χ1n) is 7.58. The maximum absolute atomic E-state index is 12.4. The van der Waals surface area contributed by atoms with Crippen molar-refractivity contribution < 1.29 is 14.6 Å². The van der Waals surface area contributed by atoms with E-state index in [9.17, 15) is 9.90 Å². The molecule has 1 aromatic rings. The van der Waals surface area contributed by atoms with Gasteiger partial charge in [0.15, 0.2) is 5.75 Å². The zero-order valence-electron chi connectivity index (χ0n) is 12.8. The van der Waals surface area contributed by atoms with Crippen LogP contribution >= 0.6 is 0 Å². The van der Waals surface area contributed by atoms with Gasteiger partial charge in [0, 0.05) is 12.1 Å². The molecule has 0 saturated carbocycles. The smallest absolute Gasteiger partial charge is 0.410 e. The average molecular weight is 293 g/mol. The van der Waals surface area contributed by atoms with Crippen LogP contribution in [0.5, 0.6) is 5.75 Å². The van der Waals surface area contributed by atoms with Gasteiger partial charge in [-0.25, -0.2) is 4.79 Å². The molecular weight excluding hydrogens is 270 g/mol. The molecule has 0 spiro atoms. The molecule has 6 nitrogen and oxygen atoms in total. The van der Waals surface area contributed by atoms with E-state index < -0.39 is 5.60 Å². The highest BCUT2D eigenvalue weighted by atomic mass is 16.6. The van der Waals surface area contributed by atoms with Crippen molar-refractivity contribution in [2.24, 2.45) is 0 Å². The van der Waals surface area contributed by atoms with Crippen molar-refractivity contribution in [2.45, 2.75) is 70.2 Å². The highest BCUT2D eigenvalue weighted by Gasteiger charge is 2.45. The number of nitrogens with zero attached hydrogens (tertiary/aromatic N) is 3. The lowest BCUT2D eigenvalue weighted by Crippen LogP contribution is -2.48. The van der Waals surface area contributed by atoms with E-state index in [4.69, 9.17) is 4.74 Å². The van der Waals surface area contributed by atoms with Gasteiger partial charge < -0.3 is 14.7 Å². The highest BCUT2D eigenvalue weighted by molar-refractivity contribution is 5.69. The highest BCUT2D eigenvalue weighted by Crippen LogP contribution is 2.41. The van der Waals surface area contributed by atoms with E-state index in [0.29, 0.717) is 0 Å². The van der Waals surface area contributed by atoms with E-state index >= 15 is 0 Å². The number of hydrogen-bond donors (Lipinski definition) is 1. The van der Waals surface area contributed by atoms with Crippen LogP contribution in [0.2, 0.25) is 0 Å². The van der Waals surface area contributed by atoms with Crippen LogP contribution in [-0.2, 0) is 4.74 Å². The third-order valence-corrected chi connectivity index (χ3v) is 4.27. The zero-order chi connectivity index (χ0) is 15.2. The van der Waals surface area contributed by atoms with Crippen molar-refractivity contribution in [2.75, 3.05) is 0 Å². The molecular formula is C15H23N3O3. The molecule has 2 aliphatic rings. The van der Waals surface area contributed by atoms with Crippen LogP contribution < -0.4 is 0 Å². The monoisotopic (exact) mass is 293 g/mol. The third kappa shape index (κ3) is 2.84. The molecule has 2 fully saturated rings. The second-order valence-corrected chi connectivity index (χ2v) is 7.08. The average Bonchev–Trinajstić information content (AvgIpc) is 2.89. The number of amides is 1. The molecule has 21 heavy (non-hydrogen) atoms. The van der Waals surface area contributed by atoms with Gasteiger partial charge in [-0.2, -0.15) is 5.10 Å². The van der Waals surface area contributed by atoms with Crippen molar-refractivity contribution in [1.82, 2.24) is 14.7 Å². The largest absolute Gasteiger partial charge is 0.505 e. The Labute approximate surface area is 124 Å². The van der Waals surface area contributed by atoms with Crippen molar-refractivity contribution in [1.29, 1.82) is 0 Å². The summed E-state index contributed by atoms with van der Waals surface area (Å²) in [6.45, 7) is 5.68. The fourth-order valence-electron chi connectivity index (χ4n) is 3.50. The maximum atomic E-state index is 12.4. The van der Waals surface area contributed by atoms with E-state index in [1.165, 1.54) is 6.20 Å². The van der Waals surface area contributed by atoms with Gasteiger partial charge in [-0.15, -0.1) is 0 Å². The van der Waals surface area contributed by atoms with Gasteiger partial charge in [0.25, 0.3) is 0 Å². The Balaban J connectivity index is 1.71. The molecule has 1 aromatic heterocycles. The van der Waals surface area contributed by atoms with Crippen LogP contribution in [0, 0.1) is 0 Å². The summed E-state index contributed by atoms with van der Waals surface area (Å²) in [5.74, 6) is 0.192. The Hall–Kier alpha value is -1.72. The van der Waals surface area contributed by atoms with Crippen LogP contribution in [0.25, 0.3) is 0 Å². The van der Waals surface area contributed by atoms with Crippen molar-refractivity contribution in [3.8, 4) is 5.75 Å². The number of carbonyl (C=O) groups is 1. The first-order chi connectivity index (χ1) is 9.83. The van der Waals surface area contributed by atoms with Crippen LogP contribution in [0.3, 0.4) is 0 Å². The molecule has 3 rings (SSSR count). The Bertz CT molecular complexity index is 521. The molecule has 0 radical (unpaired) electrons. The lowest BCUT2D eigenvalue weighted by atomic mass is 9.98. The first kappa shape index (κ1) is 14.2. The number of aromatic nitrogens is 2. The molecule has 2 aliphatic heterocycles. The number of hydrogen-bond acceptors (Lipinski definition) is 4. The summed E-state index contributed by atoms with van der Waals surface area (Å²) in [7, 11) is 0. The minimum absolute atomic E-state index is 0.192. The molecule has 6 heteroatoms. The molecule has 3 heterocycles. The van der Waals surface area contributed by atoms with Crippen LogP contribution in [0.4, 0.5) is 4.79 Å². The fraction of sp³-hybridized carbons (Fsp3) is 0.733. The molecule has 1 amide bonds. The number of aromatic hydroxyl groups is 1. The number of piperidine rings is 1. The molecule has 2 unspecified atom stereocenters. The summed E-state index contributed by atoms with van der Waals surface area (Å²) in [5, 5.41) is 13.6. The van der Waals surface area contributed by atoms with E-state index in [2.05, 4.69) is 5.10 Å². The van der Waals surface area contributed by atoms with Gasteiger partial charge in [-0.05, 0) is 46.5 Å². The minimum Gasteiger partial charge on any atom is -0.505 e. The number of ether oxygens (including phenoxy) is 1. The lowest BCUT2D eigenvalue weighted by molar-refractivity contribution is 0.00230. The first-order valence-corrected chi connectivity index (χ1v) is 7.58. The van der Waals surface area contributed by atoms with E-state index in [1.54, 1.807) is 6.20 Å². The fourth-order valence-corrected chi connectivity index (χ4v) is 3.50. The maximum Gasteiger partial charge on any atom is 0.410 e. The van der Waals surface area contributed by atoms with Gasteiger partial charge >= 0.3 is 6.09 Å². The van der Waals surface area contributed by atoms with Crippen molar-refractivity contribution >= 4 is 6.09 Å². The molecule has 1 N–H and O–H groups in total. The number of fused-ring (bicyclic) bond motifs is 2. The summed E-state index contributed by atoms with van der Waals surface area (Å²) < 4.78 is 7.35. The summed E-state index contributed by atoms with van der Waals surface area (Å²) in [4.78, 5) is 14.3. The molecule has 2 atom stereocenters. The predicted molar refractivity (Wildman–Crippen MR) is 77.0 cm³/mol. The Morgan fingerprint density at radius 2 is 1.90 bits per heavy atom. The van der Waals surface area contributed by atoms with E-state index in [1.807, 2.05) is 30.4 Å². The van der Waals surface area contributed by atoms with E-state index in [-0.39, 0.29) is 30.0 Å². The lowest BCUT2D eigenvalue weighted by Gasteiger charge is -2.39. The molecule has 2 bridgehead atoms. The second-order valence-electron chi connectivity index (χ2n) is 7.08. The van der Waals surface area contributed by atoms with Crippen LogP contribution in [0.15, 0.2) is 12.4 Å². The van der Waals surface area contributed by atoms with Crippen LogP contribution in [0.1, 0.15) is 52.5 Å². The van der Waals surface area contributed by atoms with Gasteiger partial charge in [0.2, 0.25) is 0 Å². The van der Waals surface area contributed by atoms with Crippen molar-refractivity contribution in [3.63, 3.8) is 0 Å². The standard InChI is InChI=1S/C15H23N3O3/c1-15(2,3)21-14(20)18-10-4-5-11(18)7-12(6-10)17-9-13(19)8-16-17/h8-12,19H,4-7H2,1-3H3.